The largest absolute Gasteiger partial charge is 0.506 e. The molecule has 2 aromatic rings. The van der Waals surface area contributed by atoms with Crippen molar-refractivity contribution in [1.82, 2.24) is 24.7 Å². The third kappa shape index (κ3) is 8.45. The first-order chi connectivity index (χ1) is 27.6. The first-order valence-electron chi connectivity index (χ1n) is 20.4. The number of hydrogen-bond acceptors (Lipinski definition) is 15. The van der Waals surface area contributed by atoms with Crippen molar-refractivity contribution >= 4 is 57.3 Å². The van der Waals surface area contributed by atoms with Gasteiger partial charge in [-0.1, -0.05) is 20.8 Å². The summed E-state index contributed by atoms with van der Waals surface area (Å²) in [5.41, 5.74) is -0.400. The van der Waals surface area contributed by atoms with Crippen LogP contribution in [-0.2, 0) is 44.6 Å². The van der Waals surface area contributed by atoms with Crippen molar-refractivity contribution in [2.24, 2.45) is 23.7 Å². The molecule has 13 atom stereocenters. The molecule has 0 aromatic carbocycles. The average molecular weight is 938 g/mol. The number of aromatic nitrogens is 2. The highest BCUT2D eigenvalue weighted by Gasteiger charge is 2.62. The van der Waals surface area contributed by atoms with E-state index in [1.54, 1.807) is 58.7 Å². The molecule has 0 bridgehead atoms. The number of pyridine rings is 2. The van der Waals surface area contributed by atoms with Gasteiger partial charge in [0, 0.05) is 62.3 Å². The number of ketones is 2. The second-order valence-corrected chi connectivity index (χ2v) is 18.9. The lowest BCUT2D eigenvalue weighted by atomic mass is 9.74. The number of carbonyl (C=O) groups is 4. The van der Waals surface area contributed by atoms with Crippen molar-refractivity contribution in [3.8, 4) is 5.75 Å². The molecule has 4 aliphatic rings. The van der Waals surface area contributed by atoms with Gasteiger partial charge in [-0.3, -0.25) is 29.2 Å². The van der Waals surface area contributed by atoms with E-state index in [0.29, 0.717) is 48.3 Å². The number of likely N-dealkylation sites (N-methyl/N-ethyl adjacent to an activating group) is 1. The molecule has 1 amide bonds. The summed E-state index contributed by atoms with van der Waals surface area (Å²) in [7, 11) is 5.21. The predicted octanol–water partition coefficient (Wildman–Crippen LogP) is 4.01. The molecule has 59 heavy (non-hydrogen) atoms. The van der Waals surface area contributed by atoms with Crippen LogP contribution in [0.15, 0.2) is 18.3 Å². The van der Waals surface area contributed by atoms with Crippen LogP contribution in [0.1, 0.15) is 72.6 Å². The van der Waals surface area contributed by atoms with E-state index >= 15 is 0 Å². The van der Waals surface area contributed by atoms with Gasteiger partial charge in [0.2, 0.25) is 0 Å². The monoisotopic (exact) mass is 937 g/mol. The number of esters is 1. The van der Waals surface area contributed by atoms with Crippen molar-refractivity contribution < 1.29 is 53.1 Å². The zero-order valence-corrected chi connectivity index (χ0v) is 38.0. The Morgan fingerprint density at radius 1 is 1.05 bits per heavy atom. The first-order valence-corrected chi connectivity index (χ1v) is 21.7. The molecule has 4 saturated heterocycles. The smallest absolute Gasteiger partial charge is 0.411 e. The van der Waals surface area contributed by atoms with Gasteiger partial charge in [0.05, 0.1) is 46.6 Å². The van der Waals surface area contributed by atoms with E-state index < -0.39 is 81.4 Å². The summed E-state index contributed by atoms with van der Waals surface area (Å²) in [5, 5.41) is 22.4. The zero-order chi connectivity index (χ0) is 43.5. The van der Waals surface area contributed by atoms with Crippen LogP contribution in [0.4, 0.5) is 4.79 Å². The number of aromatic hydroxyl groups is 1. The average Bonchev–Trinajstić information content (AvgIpc) is 3.44. The van der Waals surface area contributed by atoms with E-state index in [-0.39, 0.29) is 36.1 Å². The minimum Gasteiger partial charge on any atom is -0.506 e. The number of likely N-dealkylation sites (tertiary alicyclic amines) is 1. The molecule has 0 radical (unpaired) electrons. The van der Waals surface area contributed by atoms with Crippen LogP contribution >= 0.6 is 22.6 Å². The molecule has 6 rings (SSSR count). The van der Waals surface area contributed by atoms with Gasteiger partial charge in [-0.05, 0) is 96.3 Å². The van der Waals surface area contributed by atoms with E-state index in [2.05, 4.69) is 14.9 Å². The third-order valence-electron chi connectivity index (χ3n) is 13.2. The van der Waals surface area contributed by atoms with Crippen LogP contribution in [-0.4, -0.2) is 151 Å². The number of hydrogen-bond donors (Lipinski definition) is 2. The molecule has 2 aromatic heterocycles. The Labute approximate surface area is 359 Å². The normalized spacial score (nSPS) is 38.2. The number of nitrogens with zero attached hydrogens (tertiary/aromatic N) is 5. The first kappa shape index (κ1) is 45.5. The summed E-state index contributed by atoms with van der Waals surface area (Å²) in [6.45, 7) is 14.9. The third-order valence-corrected chi connectivity index (χ3v) is 14.7. The van der Waals surface area contributed by atoms with Gasteiger partial charge in [0.25, 0.3) is 0 Å². The molecule has 16 nitrogen and oxygen atoms in total. The fraction of sp³-hybridized carbons (Fsp3) is 0.714. The van der Waals surface area contributed by atoms with Crippen LogP contribution in [0.25, 0.3) is 11.0 Å². The highest BCUT2D eigenvalue weighted by atomic mass is 127. The second kappa shape index (κ2) is 17.4. The Kier molecular flexibility index (Phi) is 13.4. The standard InChI is InChI=1S/C42H60IN5O11/c1-20-16-41(7,55-11)36(57-38-34(52)29(46(9)10)15-21(2)56-38)23(4)32(50)24(5)37(53)58-39(43)42(8)35(22(3)31(20)49)48(40(54)59-42)26-17-47(18-26)19-27-30-28(13-12-14-44-30)45-25(6)33(27)51/h12-14,20-24,26,29,34-36,38-39,51-52H,15-19H2,1-11H3/t20-,21-,22+,23+,24-,29+,34-,35+,36-,38+,39+,41-,42+/m1/s1. The van der Waals surface area contributed by atoms with Crippen molar-refractivity contribution in [1.29, 1.82) is 0 Å². The number of cyclic esters (lactones) is 1. The van der Waals surface area contributed by atoms with Gasteiger partial charge >= 0.3 is 12.1 Å². The fourth-order valence-electron chi connectivity index (χ4n) is 9.69. The van der Waals surface area contributed by atoms with Gasteiger partial charge in [-0.2, -0.15) is 0 Å². The number of aliphatic hydroxyl groups excluding tert-OH is 1. The number of rotatable bonds is 7. The summed E-state index contributed by atoms with van der Waals surface area (Å²) < 4.78 is 30.0. The molecule has 0 aliphatic carbocycles. The van der Waals surface area contributed by atoms with Crippen molar-refractivity contribution in [2.45, 2.75) is 133 Å². The molecule has 0 saturated carbocycles. The highest BCUT2D eigenvalue weighted by Crippen LogP contribution is 2.45. The second-order valence-electron chi connectivity index (χ2n) is 17.8. The topological polar surface area (TPSA) is 190 Å². The van der Waals surface area contributed by atoms with E-state index in [9.17, 15) is 29.4 Å². The lowest BCUT2D eigenvalue weighted by Crippen LogP contribution is -2.65. The summed E-state index contributed by atoms with van der Waals surface area (Å²) in [4.78, 5) is 71.5. The van der Waals surface area contributed by atoms with Gasteiger partial charge in [0.15, 0.2) is 21.8 Å². The molecular weight excluding hydrogens is 877 g/mol. The minimum atomic E-state index is -1.48. The zero-order valence-electron chi connectivity index (χ0n) is 35.9. The van der Waals surface area contributed by atoms with Crippen LogP contribution in [0.3, 0.4) is 0 Å². The molecular formula is C42H60IN5O11. The molecule has 6 heterocycles. The summed E-state index contributed by atoms with van der Waals surface area (Å²) in [5.74, 6) is -5.15. The molecule has 4 fully saturated rings. The molecule has 0 spiro atoms. The summed E-state index contributed by atoms with van der Waals surface area (Å²) in [6.07, 6.45) is -1.88. The number of fused-ring (bicyclic) bond motifs is 2. The Morgan fingerprint density at radius 3 is 2.37 bits per heavy atom. The van der Waals surface area contributed by atoms with Crippen molar-refractivity contribution in [3.05, 3.63) is 29.6 Å². The number of halogens is 1. The Hall–Kier alpha value is -3.07. The van der Waals surface area contributed by atoms with E-state index in [1.165, 1.54) is 14.0 Å². The number of carbonyl (C=O) groups excluding carboxylic acids is 4. The minimum absolute atomic E-state index is 0.0641. The Balaban J connectivity index is 1.31. The maximum Gasteiger partial charge on any atom is 0.411 e. The quantitative estimate of drug-likeness (QED) is 0.175. The predicted molar refractivity (Wildman–Crippen MR) is 223 cm³/mol. The SMILES string of the molecule is CO[C@]1(C)C[C@@H](C)C(=O)[C@H](C)[C@@H]2N(C3CN(Cc4c(O)c(C)nc5cccnc45)C3)C(=O)O[C@]2(C)[C@@H](I)OC(=O)[C@H](C)C(=O)[C@H](C)[C@H]1O[C@@H]1O[C@H](C)C[C@H](N(C)C)[C@H]1O. The van der Waals surface area contributed by atoms with Crippen LogP contribution in [0, 0.1) is 30.6 Å². The van der Waals surface area contributed by atoms with Crippen molar-refractivity contribution in [2.75, 3.05) is 34.3 Å². The number of ether oxygens (including phenoxy) is 5. The molecule has 2 N–H and O–H groups in total. The van der Waals surface area contributed by atoms with Crippen LogP contribution in [0.5, 0.6) is 5.75 Å². The van der Waals surface area contributed by atoms with Gasteiger partial charge < -0.3 is 38.8 Å². The van der Waals surface area contributed by atoms with E-state index in [0.717, 1.165) is 0 Å². The Morgan fingerprint density at radius 2 is 1.73 bits per heavy atom. The number of alkyl halides is 1. The fourth-order valence-corrected chi connectivity index (χ4v) is 10.4. The Bertz CT molecular complexity index is 1930. The number of methoxy groups -OCH3 is 1. The maximum atomic E-state index is 14.8. The number of aliphatic hydroxyl groups is 1. The lowest BCUT2D eigenvalue weighted by Gasteiger charge is -2.48. The van der Waals surface area contributed by atoms with Gasteiger partial charge in [0.1, 0.15) is 23.6 Å². The number of Topliss-reactive ketones (excluding diaryl/α,β-unsaturated/α-hetero) is 2. The van der Waals surface area contributed by atoms with Crippen molar-refractivity contribution in [3.63, 3.8) is 0 Å². The van der Waals surface area contributed by atoms with Gasteiger partial charge in [-0.25, -0.2) is 9.78 Å². The van der Waals surface area contributed by atoms with Crippen LogP contribution in [0.2, 0.25) is 0 Å². The molecule has 17 heteroatoms. The number of amides is 1. The van der Waals surface area contributed by atoms with Gasteiger partial charge in [-0.15, -0.1) is 0 Å². The molecule has 0 unspecified atom stereocenters. The highest BCUT2D eigenvalue weighted by molar-refractivity contribution is 14.1. The summed E-state index contributed by atoms with van der Waals surface area (Å²) >= 11 is 1.92. The molecule has 326 valence electrons. The molecule has 4 aliphatic heterocycles. The van der Waals surface area contributed by atoms with Crippen LogP contribution < -0.4 is 0 Å². The lowest BCUT2D eigenvalue weighted by molar-refractivity contribution is -0.295. The van der Waals surface area contributed by atoms with E-state index in [4.69, 9.17) is 23.7 Å². The summed E-state index contributed by atoms with van der Waals surface area (Å²) in [6, 6.07) is 2.10. The van der Waals surface area contributed by atoms with E-state index in [1.807, 2.05) is 54.6 Å². The maximum absolute atomic E-state index is 14.8. The number of aryl methyl sites for hydroxylation is 1.